The first kappa shape index (κ1) is 19.1. The van der Waals surface area contributed by atoms with Crippen LogP contribution in [0.1, 0.15) is 25.0 Å². The standard InChI is InChI=1S/C16H18F3N3O3S/c17-16(18,19)14-3-7-22(11-15(14)4-8-25-9-5-15)26(23,24)13-2-1-6-21-12(13)10-20/h1-2,6,14H,3-5,7-9,11H2. The Hall–Kier alpha value is -1.70. The summed E-state index contributed by atoms with van der Waals surface area (Å²) >= 11 is 0. The van der Waals surface area contributed by atoms with Gasteiger partial charge in [-0.3, -0.25) is 0 Å². The minimum absolute atomic E-state index is 0.154. The number of hydrogen-bond donors (Lipinski definition) is 0. The second-order valence-electron chi connectivity index (χ2n) is 6.66. The number of aromatic nitrogens is 1. The molecule has 1 unspecified atom stereocenters. The topological polar surface area (TPSA) is 83.3 Å². The largest absolute Gasteiger partial charge is 0.392 e. The summed E-state index contributed by atoms with van der Waals surface area (Å²) in [5.74, 6) is -1.56. The Labute approximate surface area is 149 Å². The highest BCUT2D eigenvalue weighted by Crippen LogP contribution is 2.51. The number of pyridine rings is 1. The molecule has 3 heterocycles. The first-order valence-electron chi connectivity index (χ1n) is 8.20. The van der Waals surface area contributed by atoms with Gasteiger partial charge >= 0.3 is 6.18 Å². The molecule has 0 saturated carbocycles. The Bertz CT molecular complexity index is 814. The second kappa shape index (κ2) is 6.79. The molecule has 142 valence electrons. The average Bonchev–Trinajstić information content (AvgIpc) is 2.61. The lowest BCUT2D eigenvalue weighted by molar-refractivity contribution is -0.231. The lowest BCUT2D eigenvalue weighted by Crippen LogP contribution is -2.56. The Morgan fingerprint density at radius 1 is 1.35 bits per heavy atom. The molecule has 6 nitrogen and oxygen atoms in total. The van der Waals surface area contributed by atoms with Crippen LogP contribution >= 0.6 is 0 Å². The van der Waals surface area contributed by atoms with Crippen LogP contribution in [0.5, 0.6) is 0 Å². The van der Waals surface area contributed by atoms with E-state index in [4.69, 9.17) is 10.00 Å². The van der Waals surface area contributed by atoms with Crippen LogP contribution in [-0.2, 0) is 14.8 Å². The van der Waals surface area contributed by atoms with Crippen molar-refractivity contribution in [1.82, 2.24) is 9.29 Å². The summed E-state index contributed by atoms with van der Waals surface area (Å²) in [5, 5.41) is 9.11. The molecule has 2 aliphatic rings. The smallest absolute Gasteiger partial charge is 0.381 e. The van der Waals surface area contributed by atoms with Crippen molar-refractivity contribution in [2.24, 2.45) is 11.3 Å². The van der Waals surface area contributed by atoms with Crippen LogP contribution in [0, 0.1) is 22.7 Å². The molecule has 2 fully saturated rings. The molecular weight excluding hydrogens is 371 g/mol. The van der Waals surface area contributed by atoms with E-state index in [1.165, 1.54) is 18.3 Å². The van der Waals surface area contributed by atoms with Crippen LogP contribution in [0.3, 0.4) is 0 Å². The highest BCUT2D eigenvalue weighted by molar-refractivity contribution is 7.89. The Balaban J connectivity index is 1.97. The molecular formula is C16H18F3N3O3S. The first-order valence-corrected chi connectivity index (χ1v) is 9.64. The van der Waals surface area contributed by atoms with Crippen molar-refractivity contribution in [3.8, 4) is 6.07 Å². The molecule has 2 aliphatic heterocycles. The van der Waals surface area contributed by atoms with Gasteiger partial charge in [-0.1, -0.05) is 0 Å². The van der Waals surface area contributed by atoms with Crippen LogP contribution in [0.15, 0.2) is 23.2 Å². The summed E-state index contributed by atoms with van der Waals surface area (Å²) in [4.78, 5) is 3.48. The van der Waals surface area contributed by atoms with Gasteiger partial charge in [-0.25, -0.2) is 13.4 Å². The fraction of sp³-hybridized carbons (Fsp3) is 0.625. The molecule has 1 atom stereocenters. The molecule has 3 rings (SSSR count). The van der Waals surface area contributed by atoms with Gasteiger partial charge in [-0.2, -0.15) is 22.7 Å². The molecule has 2 saturated heterocycles. The number of piperidine rings is 1. The Kier molecular flexibility index (Phi) is 4.98. The number of alkyl halides is 3. The lowest BCUT2D eigenvalue weighted by Gasteiger charge is -2.50. The van der Waals surface area contributed by atoms with E-state index in [-0.39, 0.29) is 56.2 Å². The predicted octanol–water partition coefficient (Wildman–Crippen LogP) is 2.32. The van der Waals surface area contributed by atoms with Crippen molar-refractivity contribution >= 4 is 10.0 Å². The number of ether oxygens (including phenoxy) is 1. The fourth-order valence-electron chi connectivity index (χ4n) is 3.94. The molecule has 10 heteroatoms. The van der Waals surface area contributed by atoms with Crippen molar-refractivity contribution in [3.05, 3.63) is 24.0 Å². The summed E-state index contributed by atoms with van der Waals surface area (Å²) in [5.41, 5.74) is -1.46. The Morgan fingerprint density at radius 3 is 2.65 bits per heavy atom. The average molecular weight is 389 g/mol. The van der Waals surface area contributed by atoms with Crippen LogP contribution in [0.2, 0.25) is 0 Å². The van der Waals surface area contributed by atoms with E-state index in [1.54, 1.807) is 6.07 Å². The van der Waals surface area contributed by atoms with Crippen LogP contribution < -0.4 is 0 Å². The van der Waals surface area contributed by atoms with Gasteiger partial charge in [0.25, 0.3) is 0 Å². The van der Waals surface area contributed by atoms with Gasteiger partial charge in [0.2, 0.25) is 10.0 Å². The highest BCUT2D eigenvalue weighted by Gasteiger charge is 2.57. The van der Waals surface area contributed by atoms with Gasteiger partial charge in [-0.05, 0) is 31.4 Å². The number of nitriles is 1. The van der Waals surface area contributed by atoms with Crippen molar-refractivity contribution < 1.29 is 26.3 Å². The zero-order valence-electron chi connectivity index (χ0n) is 13.9. The predicted molar refractivity (Wildman–Crippen MR) is 84.4 cm³/mol. The zero-order chi connectivity index (χ0) is 19.0. The molecule has 1 spiro atoms. The van der Waals surface area contributed by atoms with E-state index in [0.29, 0.717) is 0 Å². The number of sulfonamides is 1. The summed E-state index contributed by atoms with van der Waals surface area (Å²) < 4.78 is 72.9. The molecule has 0 bridgehead atoms. The van der Waals surface area contributed by atoms with E-state index < -0.39 is 27.5 Å². The Morgan fingerprint density at radius 2 is 2.04 bits per heavy atom. The normalized spacial score (nSPS) is 24.3. The SMILES string of the molecule is N#Cc1ncccc1S(=O)(=O)N1CCC(C(F)(F)F)C2(CCOCC2)C1. The van der Waals surface area contributed by atoms with Gasteiger partial charge in [0.05, 0.1) is 5.92 Å². The molecule has 0 amide bonds. The summed E-state index contributed by atoms with van der Waals surface area (Å²) in [6.45, 7) is -0.120. The van der Waals surface area contributed by atoms with Crippen molar-refractivity contribution in [2.75, 3.05) is 26.3 Å². The van der Waals surface area contributed by atoms with E-state index >= 15 is 0 Å². The molecule has 1 aromatic heterocycles. The van der Waals surface area contributed by atoms with Crippen LogP contribution in [0.25, 0.3) is 0 Å². The maximum absolute atomic E-state index is 13.6. The lowest BCUT2D eigenvalue weighted by atomic mass is 9.66. The highest BCUT2D eigenvalue weighted by atomic mass is 32.2. The molecule has 1 aromatic rings. The maximum atomic E-state index is 13.6. The van der Waals surface area contributed by atoms with E-state index in [0.717, 1.165) is 4.31 Å². The third-order valence-corrected chi connectivity index (χ3v) is 7.15. The third-order valence-electron chi connectivity index (χ3n) is 5.28. The van der Waals surface area contributed by atoms with Gasteiger partial charge in [0.15, 0.2) is 5.69 Å². The van der Waals surface area contributed by atoms with Gasteiger partial charge < -0.3 is 4.74 Å². The minimum Gasteiger partial charge on any atom is -0.381 e. The fourth-order valence-corrected chi connectivity index (χ4v) is 5.59. The van der Waals surface area contributed by atoms with Crippen LogP contribution in [-0.4, -0.2) is 50.2 Å². The second-order valence-corrected chi connectivity index (χ2v) is 8.56. The molecule has 0 N–H and O–H groups in total. The van der Waals surface area contributed by atoms with E-state index in [2.05, 4.69) is 4.98 Å². The quantitative estimate of drug-likeness (QED) is 0.775. The molecule has 0 aliphatic carbocycles. The number of hydrogen-bond acceptors (Lipinski definition) is 5. The van der Waals surface area contributed by atoms with Crippen LogP contribution in [0.4, 0.5) is 13.2 Å². The maximum Gasteiger partial charge on any atom is 0.392 e. The molecule has 26 heavy (non-hydrogen) atoms. The summed E-state index contributed by atoms with van der Waals surface area (Å²) in [6.07, 6.45) is -3.08. The summed E-state index contributed by atoms with van der Waals surface area (Å²) in [7, 11) is -4.11. The first-order chi connectivity index (χ1) is 12.2. The van der Waals surface area contributed by atoms with E-state index in [9.17, 15) is 21.6 Å². The monoisotopic (exact) mass is 389 g/mol. The van der Waals surface area contributed by atoms with Gasteiger partial charge in [0.1, 0.15) is 11.0 Å². The molecule has 0 radical (unpaired) electrons. The van der Waals surface area contributed by atoms with Crippen molar-refractivity contribution in [1.29, 1.82) is 5.26 Å². The van der Waals surface area contributed by atoms with Crippen molar-refractivity contribution in [2.45, 2.75) is 30.3 Å². The van der Waals surface area contributed by atoms with Gasteiger partial charge in [0, 0.05) is 37.9 Å². The van der Waals surface area contributed by atoms with Crippen molar-refractivity contribution in [3.63, 3.8) is 0 Å². The number of rotatable bonds is 2. The van der Waals surface area contributed by atoms with Gasteiger partial charge in [-0.15, -0.1) is 0 Å². The third kappa shape index (κ3) is 3.31. The number of nitrogens with zero attached hydrogens (tertiary/aromatic N) is 3. The summed E-state index contributed by atoms with van der Waals surface area (Å²) in [6, 6.07) is 4.37. The minimum atomic E-state index is -4.39. The zero-order valence-corrected chi connectivity index (χ0v) is 14.7. The number of halogens is 3. The van der Waals surface area contributed by atoms with E-state index in [1.807, 2.05) is 0 Å². The molecule has 0 aromatic carbocycles.